The molecule has 0 saturated carbocycles. The zero-order valence-electron chi connectivity index (χ0n) is 19.1. The van der Waals surface area contributed by atoms with Crippen molar-refractivity contribution in [1.82, 2.24) is 19.1 Å². The second kappa shape index (κ2) is 7.53. The molecule has 9 nitrogen and oxygen atoms in total. The topological polar surface area (TPSA) is 119 Å². The van der Waals surface area contributed by atoms with Crippen LogP contribution < -0.4 is 11.4 Å². The lowest BCUT2D eigenvalue weighted by Gasteiger charge is -2.10. The Hall–Kier alpha value is -5.44. The predicted molar refractivity (Wildman–Crippen MR) is 143 cm³/mol. The molecule has 2 aromatic heterocycles. The lowest BCUT2D eigenvalue weighted by atomic mass is 10.1. The van der Waals surface area contributed by atoms with Gasteiger partial charge in [-0.05, 0) is 57.9 Å². The van der Waals surface area contributed by atoms with Crippen molar-refractivity contribution in [2.75, 3.05) is 0 Å². The minimum Gasteiger partial charge on any atom is -0.305 e. The van der Waals surface area contributed by atoms with Gasteiger partial charge in [-0.1, -0.05) is 54.6 Å². The van der Waals surface area contributed by atoms with Crippen molar-refractivity contribution in [3.8, 4) is 11.4 Å². The second-order valence-electron chi connectivity index (χ2n) is 8.87. The van der Waals surface area contributed by atoms with E-state index in [-0.39, 0.29) is 17.1 Å². The van der Waals surface area contributed by atoms with Crippen molar-refractivity contribution in [1.29, 1.82) is 0 Å². The number of H-pyrrole nitrogens is 2. The summed E-state index contributed by atoms with van der Waals surface area (Å²) in [4.78, 5) is 43.8. The number of hydrogen-bond donors (Lipinski definition) is 2. The number of rotatable bonds is 3. The molecule has 2 N–H and O–H groups in total. The quantitative estimate of drug-likeness (QED) is 0.264. The first-order valence-corrected chi connectivity index (χ1v) is 11.5. The molecule has 0 aliphatic heterocycles. The summed E-state index contributed by atoms with van der Waals surface area (Å²) in [5.41, 5.74) is 0.869. The number of para-hydroxylation sites is 1. The van der Waals surface area contributed by atoms with Crippen molar-refractivity contribution in [3.63, 3.8) is 0 Å². The van der Waals surface area contributed by atoms with Crippen molar-refractivity contribution >= 4 is 49.3 Å². The number of fused-ring (bicyclic) bond motifs is 4. The van der Waals surface area contributed by atoms with Crippen LogP contribution in [0, 0.1) is 10.1 Å². The Morgan fingerprint density at radius 1 is 0.595 bits per heavy atom. The molecule has 0 fully saturated rings. The van der Waals surface area contributed by atoms with Gasteiger partial charge in [0.15, 0.2) is 0 Å². The molecule has 0 saturated heterocycles. The number of imidazole rings is 2. The van der Waals surface area contributed by atoms with Crippen LogP contribution in [0.5, 0.6) is 0 Å². The molecule has 2 heterocycles. The first-order chi connectivity index (χ1) is 18.0. The monoisotopic (exact) mass is 487 g/mol. The Kier molecular flexibility index (Phi) is 4.25. The van der Waals surface area contributed by atoms with Crippen molar-refractivity contribution in [2.24, 2.45) is 0 Å². The smallest absolute Gasteiger partial charge is 0.305 e. The number of nitrogens with one attached hydrogen (secondary N) is 2. The minimum absolute atomic E-state index is 0.0658. The molecule has 0 aliphatic rings. The molecule has 0 bridgehead atoms. The van der Waals surface area contributed by atoms with Crippen molar-refractivity contribution < 1.29 is 4.92 Å². The second-order valence-corrected chi connectivity index (χ2v) is 8.87. The summed E-state index contributed by atoms with van der Waals surface area (Å²) in [5, 5.41) is 16.2. The van der Waals surface area contributed by atoms with Gasteiger partial charge in [0.25, 0.3) is 0 Å². The van der Waals surface area contributed by atoms with E-state index in [2.05, 4.69) is 9.97 Å². The maximum Gasteiger partial charge on any atom is 0.331 e. The largest absolute Gasteiger partial charge is 0.331 e. The lowest BCUT2D eigenvalue weighted by Crippen LogP contribution is -2.19. The van der Waals surface area contributed by atoms with Gasteiger partial charge in [-0.15, -0.1) is 0 Å². The number of aromatic amines is 2. The van der Waals surface area contributed by atoms with Crippen LogP contribution in [0.1, 0.15) is 0 Å². The Balaban J connectivity index is 1.56. The van der Waals surface area contributed by atoms with Crippen molar-refractivity contribution in [3.05, 3.63) is 122 Å². The van der Waals surface area contributed by atoms with E-state index in [9.17, 15) is 19.7 Å². The van der Waals surface area contributed by atoms with Gasteiger partial charge in [-0.3, -0.25) is 19.2 Å². The average Bonchev–Trinajstić information content (AvgIpc) is 3.38. The maximum atomic E-state index is 13.1. The van der Waals surface area contributed by atoms with Gasteiger partial charge in [0.1, 0.15) is 11.4 Å². The van der Waals surface area contributed by atoms with Crippen LogP contribution in [0.3, 0.4) is 0 Å². The molecular weight excluding hydrogens is 470 g/mol. The maximum absolute atomic E-state index is 13.1. The van der Waals surface area contributed by atoms with Gasteiger partial charge in [0.2, 0.25) is 0 Å². The molecule has 0 spiro atoms. The summed E-state index contributed by atoms with van der Waals surface area (Å²) in [6.45, 7) is 0. The molecule has 7 rings (SSSR count). The summed E-state index contributed by atoms with van der Waals surface area (Å²) in [6.07, 6.45) is 0. The van der Waals surface area contributed by atoms with E-state index < -0.39 is 16.3 Å². The van der Waals surface area contributed by atoms with E-state index >= 15 is 0 Å². The third kappa shape index (κ3) is 3.04. The summed E-state index contributed by atoms with van der Waals surface area (Å²) >= 11 is 0. The minimum atomic E-state index is -0.552. The molecule has 0 aliphatic carbocycles. The summed E-state index contributed by atoms with van der Waals surface area (Å²) in [6, 6.07) is 27.2. The number of aromatic nitrogens is 4. The van der Waals surface area contributed by atoms with Crippen LogP contribution in [-0.4, -0.2) is 24.0 Å². The zero-order valence-corrected chi connectivity index (χ0v) is 19.1. The molecule has 0 amide bonds. The third-order valence-corrected chi connectivity index (χ3v) is 6.76. The summed E-state index contributed by atoms with van der Waals surface area (Å²) < 4.78 is 2.58. The van der Waals surface area contributed by atoms with Gasteiger partial charge in [-0.25, -0.2) is 9.59 Å². The summed E-state index contributed by atoms with van der Waals surface area (Å²) in [7, 11) is 0. The Bertz CT molecular complexity index is 2040. The van der Waals surface area contributed by atoms with E-state index in [1.165, 1.54) is 21.3 Å². The highest BCUT2D eigenvalue weighted by atomic mass is 16.6. The van der Waals surface area contributed by atoms with E-state index in [0.717, 1.165) is 21.5 Å². The van der Waals surface area contributed by atoms with Crippen LogP contribution in [0.2, 0.25) is 0 Å². The Morgan fingerprint density at radius 3 is 1.41 bits per heavy atom. The molecule has 0 unspecified atom stereocenters. The van der Waals surface area contributed by atoms with E-state index in [1.54, 1.807) is 6.07 Å². The highest BCUT2D eigenvalue weighted by Gasteiger charge is 2.27. The third-order valence-electron chi connectivity index (χ3n) is 6.76. The van der Waals surface area contributed by atoms with Crippen molar-refractivity contribution in [2.45, 2.75) is 0 Å². The first kappa shape index (κ1) is 20.9. The van der Waals surface area contributed by atoms with Gasteiger partial charge >= 0.3 is 17.1 Å². The molecule has 178 valence electrons. The molecule has 0 radical (unpaired) electrons. The Labute approximate surface area is 207 Å². The normalized spacial score (nSPS) is 11.7. The standard InChI is InChI=1S/C28H17N5O4/c34-27-29-20-12-16-6-1-3-8-18(16)14-24(20)31(27)22-10-5-11-23(26(22)33(36)37)32-25-15-19-9-4-2-7-17(19)13-21(25)30-28(32)35/h1-15H,(H,29,34)(H,30,35). The highest BCUT2D eigenvalue weighted by Crippen LogP contribution is 2.33. The molecule has 37 heavy (non-hydrogen) atoms. The fourth-order valence-corrected chi connectivity index (χ4v) is 5.13. The fraction of sp³-hybridized carbons (Fsp3) is 0. The number of nitro benzene ring substituents is 1. The van der Waals surface area contributed by atoms with Gasteiger partial charge < -0.3 is 9.97 Å². The van der Waals surface area contributed by atoms with Gasteiger partial charge in [-0.2, -0.15) is 0 Å². The molecule has 9 heteroatoms. The summed E-state index contributed by atoms with van der Waals surface area (Å²) in [5.74, 6) is 0. The number of benzene rings is 5. The lowest BCUT2D eigenvalue weighted by molar-refractivity contribution is -0.384. The number of nitro groups is 1. The molecule has 5 aromatic carbocycles. The van der Waals surface area contributed by atoms with Crippen LogP contribution in [0.4, 0.5) is 5.69 Å². The molecule has 7 aromatic rings. The van der Waals surface area contributed by atoms with Gasteiger partial charge in [0.05, 0.1) is 27.0 Å². The first-order valence-electron chi connectivity index (χ1n) is 11.5. The van der Waals surface area contributed by atoms with Crippen LogP contribution >= 0.6 is 0 Å². The number of nitrogens with zero attached hydrogens (tertiary/aromatic N) is 3. The number of hydrogen-bond acceptors (Lipinski definition) is 4. The average molecular weight is 487 g/mol. The fourth-order valence-electron chi connectivity index (χ4n) is 5.13. The van der Waals surface area contributed by atoms with E-state index in [1.807, 2.05) is 72.8 Å². The van der Waals surface area contributed by atoms with Crippen LogP contribution in [0.15, 0.2) is 101 Å². The predicted octanol–water partition coefficient (Wildman–Crippen LogP) is 5.17. The Morgan fingerprint density at radius 2 is 1.00 bits per heavy atom. The van der Waals surface area contributed by atoms with Gasteiger partial charge in [0, 0.05) is 0 Å². The zero-order chi connectivity index (χ0) is 25.3. The SMILES string of the molecule is O=c1[nH]c2cc3ccccc3cc2n1-c1cccc(-n2c(=O)[nH]c3cc4ccccc4cc32)c1[N+](=O)[O-]. The molecular formula is C28H17N5O4. The molecule has 0 atom stereocenters. The van der Waals surface area contributed by atoms with Crippen LogP contribution in [0.25, 0.3) is 55.0 Å². The highest BCUT2D eigenvalue weighted by molar-refractivity contribution is 5.97. The van der Waals surface area contributed by atoms with E-state index in [0.29, 0.717) is 22.1 Å². The van der Waals surface area contributed by atoms with Crippen LogP contribution in [-0.2, 0) is 0 Å². The van der Waals surface area contributed by atoms with E-state index in [4.69, 9.17) is 0 Å².